The van der Waals surface area contributed by atoms with Crippen molar-refractivity contribution in [3.8, 4) is 0 Å². The van der Waals surface area contributed by atoms with Gasteiger partial charge in [-0.15, -0.1) is 0 Å². The Balaban J connectivity index is 4.04. The van der Waals surface area contributed by atoms with Crippen LogP contribution in [0.15, 0.2) is 0 Å². The highest BCUT2D eigenvalue weighted by atomic mass is 28.4. The second-order valence-corrected chi connectivity index (χ2v) is 13.0. The molecule has 0 saturated carbocycles. The lowest BCUT2D eigenvalue weighted by atomic mass is 10.2. The van der Waals surface area contributed by atoms with Crippen molar-refractivity contribution >= 4 is 14.4 Å². The molecule has 7 heteroatoms. The molecule has 0 unspecified atom stereocenters. The van der Waals surface area contributed by atoms with Gasteiger partial charge in [0, 0.05) is 0 Å². The first-order valence-electron chi connectivity index (χ1n) is 8.10. The van der Waals surface area contributed by atoms with Gasteiger partial charge < -0.3 is 24.3 Å². The lowest BCUT2D eigenvalue weighted by Crippen LogP contribution is -2.44. The topological polar surface area (TPSA) is 77.0 Å². The van der Waals surface area contributed by atoms with Gasteiger partial charge in [0.1, 0.15) is 5.60 Å². The van der Waals surface area contributed by atoms with Crippen LogP contribution < -0.4 is 5.32 Å². The molecule has 0 rings (SSSR count). The Morgan fingerprint density at radius 3 is 2.13 bits per heavy atom. The molecule has 0 aromatic carbocycles. The van der Waals surface area contributed by atoms with Crippen molar-refractivity contribution in [2.24, 2.45) is 0 Å². The minimum absolute atomic E-state index is 0.166. The summed E-state index contributed by atoms with van der Waals surface area (Å²) in [7, 11) is -1.76. The second-order valence-electron chi connectivity index (χ2n) is 8.21. The third kappa shape index (κ3) is 9.96. The van der Waals surface area contributed by atoms with Crippen molar-refractivity contribution in [1.29, 1.82) is 0 Å². The van der Waals surface area contributed by atoms with Crippen LogP contribution in [0.4, 0.5) is 4.79 Å². The molecule has 0 fully saturated rings. The van der Waals surface area contributed by atoms with Crippen molar-refractivity contribution in [3.63, 3.8) is 0 Å². The van der Waals surface area contributed by atoms with E-state index in [1.807, 2.05) is 0 Å². The van der Waals surface area contributed by atoms with Gasteiger partial charge >= 0.3 is 6.09 Å². The Hall–Kier alpha value is -0.633. The Morgan fingerprint density at radius 1 is 1.13 bits per heavy atom. The maximum absolute atomic E-state index is 11.6. The molecule has 0 heterocycles. The van der Waals surface area contributed by atoms with Gasteiger partial charge in [0.15, 0.2) is 8.32 Å². The molecule has 138 valence electrons. The van der Waals surface area contributed by atoms with Crippen LogP contribution in [0, 0.1) is 0 Å². The maximum Gasteiger partial charge on any atom is 0.408 e. The molecule has 0 saturated heterocycles. The van der Waals surface area contributed by atoms with E-state index in [0.717, 1.165) is 0 Å². The average molecular weight is 350 g/mol. The van der Waals surface area contributed by atoms with Gasteiger partial charge in [-0.25, -0.2) is 4.79 Å². The summed E-state index contributed by atoms with van der Waals surface area (Å²) < 4.78 is 16.6. The number of carbonyl (C=O) groups is 1. The average Bonchev–Trinajstić information content (AvgIpc) is 2.33. The molecule has 1 amide bonds. The third-order valence-electron chi connectivity index (χ3n) is 3.76. The number of carbonyl (C=O) groups excluding carboxylic acids is 1. The largest absolute Gasteiger partial charge is 0.444 e. The molecule has 0 aliphatic heterocycles. The number of aliphatic hydroxyl groups is 1. The maximum atomic E-state index is 11.6. The van der Waals surface area contributed by atoms with Gasteiger partial charge in [-0.2, -0.15) is 0 Å². The van der Waals surface area contributed by atoms with Crippen molar-refractivity contribution in [2.75, 3.05) is 26.4 Å². The predicted molar refractivity (Wildman–Crippen MR) is 94.2 cm³/mol. The molecule has 0 bridgehead atoms. The van der Waals surface area contributed by atoms with Crippen molar-refractivity contribution < 1.29 is 23.8 Å². The number of rotatable bonds is 8. The Morgan fingerprint density at radius 2 is 1.70 bits per heavy atom. The summed E-state index contributed by atoms with van der Waals surface area (Å²) in [6, 6.07) is -0.488. The van der Waals surface area contributed by atoms with Crippen LogP contribution in [0.2, 0.25) is 18.1 Å². The van der Waals surface area contributed by atoms with Crippen LogP contribution in [-0.4, -0.2) is 57.6 Å². The SMILES string of the molecule is CC(C)(C)OC(=O)N[C@H](CO)COCCO[Si](C)(C)C(C)(C)C. The van der Waals surface area contributed by atoms with Gasteiger partial charge in [0.2, 0.25) is 0 Å². The van der Waals surface area contributed by atoms with Crippen LogP contribution in [-0.2, 0) is 13.9 Å². The molecule has 6 nitrogen and oxygen atoms in total. The first-order valence-corrected chi connectivity index (χ1v) is 11.0. The first kappa shape index (κ1) is 22.4. The number of nitrogens with one attached hydrogen (secondary N) is 1. The molecular weight excluding hydrogens is 314 g/mol. The Labute approximate surface area is 142 Å². The highest BCUT2D eigenvalue weighted by Crippen LogP contribution is 2.36. The summed E-state index contributed by atoms with van der Waals surface area (Å²) in [5.74, 6) is 0. The van der Waals surface area contributed by atoms with E-state index in [1.165, 1.54) is 0 Å². The first-order chi connectivity index (χ1) is 10.3. The number of aliphatic hydroxyl groups excluding tert-OH is 1. The van der Waals surface area contributed by atoms with E-state index in [-0.39, 0.29) is 18.3 Å². The fraction of sp³-hybridized carbons (Fsp3) is 0.938. The summed E-state index contributed by atoms with van der Waals surface area (Å²) in [5, 5.41) is 12.0. The fourth-order valence-electron chi connectivity index (χ4n) is 1.41. The van der Waals surface area contributed by atoms with Crippen molar-refractivity contribution in [3.05, 3.63) is 0 Å². The van der Waals surface area contributed by atoms with Crippen LogP contribution in [0.1, 0.15) is 41.5 Å². The number of hydrogen-bond acceptors (Lipinski definition) is 5. The number of ether oxygens (including phenoxy) is 2. The van der Waals surface area contributed by atoms with Crippen molar-refractivity contribution in [2.45, 2.75) is 71.3 Å². The summed E-state index contributed by atoms with van der Waals surface area (Å²) in [4.78, 5) is 11.6. The Kier molecular flexibility index (Phi) is 8.76. The van der Waals surface area contributed by atoms with E-state index in [2.05, 4.69) is 39.2 Å². The predicted octanol–water partition coefficient (Wildman–Crippen LogP) is 2.91. The monoisotopic (exact) mass is 349 g/mol. The lowest BCUT2D eigenvalue weighted by Gasteiger charge is -2.36. The standard InChI is InChI=1S/C16H35NO5Si/c1-15(2,3)22-14(19)17-13(11-18)12-20-9-10-21-23(7,8)16(4,5)6/h13,18H,9-12H2,1-8H3,(H,17,19)/t13-/m1/s1. The highest BCUT2D eigenvalue weighted by molar-refractivity contribution is 6.74. The molecule has 0 aliphatic carbocycles. The molecule has 0 aromatic heterocycles. The van der Waals surface area contributed by atoms with Crippen LogP contribution >= 0.6 is 0 Å². The van der Waals surface area contributed by atoms with E-state index in [4.69, 9.17) is 13.9 Å². The van der Waals surface area contributed by atoms with E-state index >= 15 is 0 Å². The number of alkyl carbamates (subject to hydrolysis) is 1. The summed E-state index contributed by atoms with van der Waals surface area (Å²) >= 11 is 0. The smallest absolute Gasteiger partial charge is 0.408 e. The zero-order valence-electron chi connectivity index (χ0n) is 16.0. The summed E-state index contributed by atoms with van der Waals surface area (Å²) in [6.07, 6.45) is -0.558. The highest BCUT2D eigenvalue weighted by Gasteiger charge is 2.36. The van der Waals surface area contributed by atoms with E-state index in [0.29, 0.717) is 13.2 Å². The fourth-order valence-corrected chi connectivity index (χ4v) is 2.44. The molecule has 0 radical (unpaired) electrons. The van der Waals surface area contributed by atoms with Gasteiger partial charge in [0.25, 0.3) is 0 Å². The van der Waals surface area contributed by atoms with E-state index in [9.17, 15) is 9.90 Å². The quantitative estimate of drug-likeness (QED) is 0.520. The van der Waals surface area contributed by atoms with E-state index < -0.39 is 26.1 Å². The van der Waals surface area contributed by atoms with Gasteiger partial charge in [0.05, 0.1) is 32.5 Å². The molecule has 2 N–H and O–H groups in total. The molecule has 0 aromatic rings. The third-order valence-corrected chi connectivity index (χ3v) is 8.30. The number of amides is 1. The normalized spacial score (nSPS) is 14.5. The number of hydrogen-bond donors (Lipinski definition) is 2. The minimum atomic E-state index is -1.76. The summed E-state index contributed by atoms with van der Waals surface area (Å²) in [5.41, 5.74) is -0.568. The molecular formula is C16H35NO5Si. The van der Waals surface area contributed by atoms with Gasteiger partial charge in [-0.1, -0.05) is 20.8 Å². The van der Waals surface area contributed by atoms with E-state index in [1.54, 1.807) is 20.8 Å². The Bertz CT molecular complexity index is 360. The van der Waals surface area contributed by atoms with Crippen molar-refractivity contribution in [1.82, 2.24) is 5.32 Å². The van der Waals surface area contributed by atoms with Crippen LogP contribution in [0.5, 0.6) is 0 Å². The summed E-state index contributed by atoms with van der Waals surface area (Å²) in [6.45, 7) is 17.3. The lowest BCUT2D eigenvalue weighted by molar-refractivity contribution is 0.0347. The molecule has 1 atom stereocenters. The zero-order valence-corrected chi connectivity index (χ0v) is 17.0. The van der Waals surface area contributed by atoms with Crippen LogP contribution in [0.25, 0.3) is 0 Å². The zero-order chi connectivity index (χ0) is 18.3. The molecule has 0 aliphatic rings. The minimum Gasteiger partial charge on any atom is -0.444 e. The molecule has 23 heavy (non-hydrogen) atoms. The van der Waals surface area contributed by atoms with Gasteiger partial charge in [-0.05, 0) is 38.9 Å². The van der Waals surface area contributed by atoms with Gasteiger partial charge in [-0.3, -0.25) is 0 Å². The second kappa shape index (κ2) is 9.01. The van der Waals surface area contributed by atoms with Crippen LogP contribution in [0.3, 0.4) is 0 Å². The molecule has 0 spiro atoms.